The van der Waals surface area contributed by atoms with Crippen LogP contribution in [0.1, 0.15) is 11.7 Å². The van der Waals surface area contributed by atoms with E-state index in [0.29, 0.717) is 25.2 Å². The molecule has 6 heteroatoms. The molecule has 1 amide bonds. The predicted octanol–water partition coefficient (Wildman–Crippen LogP) is 0.215. The number of hydrogen-bond acceptors (Lipinski definition) is 4. The number of benzene rings is 1. The van der Waals surface area contributed by atoms with Crippen LogP contribution in [0.2, 0.25) is 0 Å². The van der Waals surface area contributed by atoms with Gasteiger partial charge in [-0.25, -0.2) is 4.39 Å². The first kappa shape index (κ1) is 13.8. The molecular weight excluding hydrogens is 249 g/mol. The van der Waals surface area contributed by atoms with Gasteiger partial charge in [0.05, 0.1) is 11.8 Å². The number of β-amino-alcohol motifs (C(OH)–C–C–N with tert-alkyl or cyclic N) is 1. The minimum absolute atomic E-state index is 0.0438. The minimum atomic E-state index is -0.703. The zero-order valence-electron chi connectivity index (χ0n) is 10.6. The molecule has 1 aliphatic heterocycles. The van der Waals surface area contributed by atoms with Gasteiger partial charge < -0.3 is 15.7 Å². The van der Waals surface area contributed by atoms with Crippen LogP contribution in [0.4, 0.5) is 10.1 Å². The van der Waals surface area contributed by atoms with Gasteiger partial charge in [0, 0.05) is 32.7 Å². The van der Waals surface area contributed by atoms with Gasteiger partial charge in [-0.05, 0) is 17.7 Å². The second-order valence-electron chi connectivity index (χ2n) is 4.74. The molecule has 1 aliphatic rings. The second kappa shape index (κ2) is 5.99. The van der Waals surface area contributed by atoms with Gasteiger partial charge in [0.15, 0.2) is 0 Å². The average Bonchev–Trinajstić information content (AvgIpc) is 2.42. The van der Waals surface area contributed by atoms with Crippen molar-refractivity contribution in [2.45, 2.75) is 6.10 Å². The number of nitrogens with zero attached hydrogens (tertiary/aromatic N) is 2. The molecule has 5 nitrogen and oxygen atoms in total. The van der Waals surface area contributed by atoms with Crippen molar-refractivity contribution in [2.24, 2.45) is 0 Å². The maximum atomic E-state index is 13.0. The highest BCUT2D eigenvalue weighted by molar-refractivity contribution is 5.47. The molecule has 1 atom stereocenters. The largest absolute Gasteiger partial charge is 0.396 e. The van der Waals surface area contributed by atoms with Gasteiger partial charge in [0.25, 0.3) is 0 Å². The van der Waals surface area contributed by atoms with Crippen molar-refractivity contribution in [1.29, 1.82) is 0 Å². The molecule has 1 aromatic rings. The number of rotatable bonds is 4. The number of nitrogens with two attached hydrogens (primary N) is 1. The predicted molar refractivity (Wildman–Crippen MR) is 69.8 cm³/mol. The lowest BCUT2D eigenvalue weighted by atomic mass is 10.1. The van der Waals surface area contributed by atoms with Crippen LogP contribution < -0.4 is 5.73 Å². The van der Waals surface area contributed by atoms with Crippen LogP contribution in [0.15, 0.2) is 18.2 Å². The Bertz CT molecular complexity index is 448. The molecule has 0 aromatic heterocycles. The highest BCUT2D eigenvalue weighted by atomic mass is 19.1. The van der Waals surface area contributed by atoms with Gasteiger partial charge in [-0.3, -0.25) is 9.69 Å². The van der Waals surface area contributed by atoms with E-state index < -0.39 is 11.9 Å². The number of piperazine rings is 1. The molecule has 1 fully saturated rings. The van der Waals surface area contributed by atoms with Gasteiger partial charge in [0.1, 0.15) is 5.82 Å². The van der Waals surface area contributed by atoms with Crippen molar-refractivity contribution < 1.29 is 14.3 Å². The van der Waals surface area contributed by atoms with Crippen molar-refractivity contribution >= 4 is 12.1 Å². The number of carbonyl (C=O) groups is 1. The molecule has 1 unspecified atom stereocenters. The highest BCUT2D eigenvalue weighted by Crippen LogP contribution is 2.20. The van der Waals surface area contributed by atoms with Crippen molar-refractivity contribution in [3.05, 3.63) is 29.6 Å². The monoisotopic (exact) mass is 267 g/mol. The number of anilines is 1. The van der Waals surface area contributed by atoms with Crippen molar-refractivity contribution in [2.75, 3.05) is 38.5 Å². The summed E-state index contributed by atoms with van der Waals surface area (Å²) in [4.78, 5) is 14.4. The molecular formula is C13H18FN3O2. The molecule has 0 radical (unpaired) electrons. The Morgan fingerprint density at radius 2 is 2.05 bits per heavy atom. The molecule has 3 N–H and O–H groups in total. The first-order valence-electron chi connectivity index (χ1n) is 6.25. The standard InChI is InChI=1S/C13H18FN3O2/c14-11-2-1-10(7-12(11)15)13(19)8-16-3-5-17(9-18)6-4-16/h1-2,7,9,13,19H,3-6,8,15H2. The molecule has 0 bridgehead atoms. The van der Waals surface area contributed by atoms with Crippen LogP contribution in [0.3, 0.4) is 0 Å². The smallest absolute Gasteiger partial charge is 0.209 e. The maximum absolute atomic E-state index is 13.0. The number of amides is 1. The fourth-order valence-electron chi connectivity index (χ4n) is 2.17. The Balaban J connectivity index is 1.92. The summed E-state index contributed by atoms with van der Waals surface area (Å²) in [7, 11) is 0. The molecule has 19 heavy (non-hydrogen) atoms. The van der Waals surface area contributed by atoms with Crippen LogP contribution >= 0.6 is 0 Å². The first-order valence-corrected chi connectivity index (χ1v) is 6.25. The van der Waals surface area contributed by atoms with Crippen molar-refractivity contribution in [3.8, 4) is 0 Å². The lowest BCUT2D eigenvalue weighted by Gasteiger charge is -2.33. The van der Waals surface area contributed by atoms with E-state index in [1.54, 1.807) is 4.90 Å². The second-order valence-corrected chi connectivity index (χ2v) is 4.74. The summed E-state index contributed by atoms with van der Waals surface area (Å²) < 4.78 is 13.0. The van der Waals surface area contributed by atoms with Crippen LogP contribution in [-0.2, 0) is 4.79 Å². The summed E-state index contributed by atoms with van der Waals surface area (Å²) in [6, 6.07) is 4.26. The number of carbonyl (C=O) groups excluding carboxylic acids is 1. The van der Waals surface area contributed by atoms with Crippen LogP contribution in [0.25, 0.3) is 0 Å². The van der Waals surface area contributed by atoms with E-state index in [1.165, 1.54) is 18.2 Å². The normalized spacial score (nSPS) is 18.3. The van der Waals surface area contributed by atoms with E-state index in [9.17, 15) is 14.3 Å². The summed E-state index contributed by atoms with van der Waals surface area (Å²) >= 11 is 0. The lowest BCUT2D eigenvalue weighted by Crippen LogP contribution is -2.46. The highest BCUT2D eigenvalue weighted by Gasteiger charge is 2.19. The molecule has 0 spiro atoms. The maximum Gasteiger partial charge on any atom is 0.209 e. The fraction of sp³-hybridized carbons (Fsp3) is 0.462. The molecule has 2 rings (SSSR count). The summed E-state index contributed by atoms with van der Waals surface area (Å²) in [6.45, 7) is 3.25. The third-order valence-electron chi connectivity index (χ3n) is 3.39. The van der Waals surface area contributed by atoms with Crippen LogP contribution in [-0.4, -0.2) is 54.0 Å². The van der Waals surface area contributed by atoms with E-state index in [-0.39, 0.29) is 5.69 Å². The molecule has 1 saturated heterocycles. The quantitative estimate of drug-likeness (QED) is 0.604. The SMILES string of the molecule is Nc1cc(C(O)CN2CCN(C=O)CC2)ccc1F. The van der Waals surface area contributed by atoms with E-state index in [1.807, 2.05) is 0 Å². The lowest BCUT2D eigenvalue weighted by molar-refractivity contribution is -0.119. The molecule has 0 saturated carbocycles. The Labute approximate surface area is 111 Å². The summed E-state index contributed by atoms with van der Waals surface area (Å²) in [5.41, 5.74) is 6.13. The molecule has 104 valence electrons. The van der Waals surface area contributed by atoms with E-state index in [4.69, 9.17) is 5.73 Å². The van der Waals surface area contributed by atoms with Gasteiger partial charge in [-0.2, -0.15) is 0 Å². The molecule has 1 aromatic carbocycles. The Kier molecular flexibility index (Phi) is 4.34. The Morgan fingerprint density at radius 1 is 1.37 bits per heavy atom. The topological polar surface area (TPSA) is 69.8 Å². The number of hydrogen-bond donors (Lipinski definition) is 2. The zero-order chi connectivity index (χ0) is 13.8. The number of aliphatic hydroxyl groups is 1. The minimum Gasteiger partial charge on any atom is -0.396 e. The van der Waals surface area contributed by atoms with Crippen LogP contribution in [0.5, 0.6) is 0 Å². The van der Waals surface area contributed by atoms with Crippen molar-refractivity contribution in [3.63, 3.8) is 0 Å². The molecule has 1 heterocycles. The average molecular weight is 267 g/mol. The van der Waals surface area contributed by atoms with Gasteiger partial charge in [-0.1, -0.05) is 6.07 Å². The fourth-order valence-corrected chi connectivity index (χ4v) is 2.17. The number of halogens is 1. The summed E-state index contributed by atoms with van der Waals surface area (Å²) in [5.74, 6) is -0.476. The Morgan fingerprint density at radius 3 is 2.63 bits per heavy atom. The number of aliphatic hydroxyl groups excluding tert-OH is 1. The van der Waals surface area contributed by atoms with Gasteiger partial charge in [0.2, 0.25) is 6.41 Å². The van der Waals surface area contributed by atoms with E-state index >= 15 is 0 Å². The van der Waals surface area contributed by atoms with Crippen LogP contribution in [0, 0.1) is 5.82 Å². The number of nitrogen functional groups attached to an aromatic ring is 1. The van der Waals surface area contributed by atoms with Crippen molar-refractivity contribution in [1.82, 2.24) is 9.80 Å². The molecule has 0 aliphatic carbocycles. The zero-order valence-corrected chi connectivity index (χ0v) is 10.6. The summed E-state index contributed by atoms with van der Waals surface area (Å²) in [5, 5.41) is 10.1. The van der Waals surface area contributed by atoms with Gasteiger partial charge >= 0.3 is 0 Å². The third kappa shape index (κ3) is 3.42. The third-order valence-corrected chi connectivity index (χ3v) is 3.39. The van der Waals surface area contributed by atoms with E-state index in [2.05, 4.69) is 4.90 Å². The summed E-state index contributed by atoms with van der Waals surface area (Å²) in [6.07, 6.45) is 0.139. The first-order chi connectivity index (χ1) is 9.10. The van der Waals surface area contributed by atoms with Gasteiger partial charge in [-0.15, -0.1) is 0 Å². The van der Waals surface area contributed by atoms with E-state index in [0.717, 1.165) is 19.5 Å². The Hall–Kier alpha value is -1.66.